The Hall–Kier alpha value is -4.77. The fraction of sp³-hybridized carbons (Fsp3) is 0.121. The zero-order chi connectivity index (χ0) is 26.1. The van der Waals surface area contributed by atoms with Crippen LogP contribution in [0.2, 0.25) is 0 Å². The van der Waals surface area contributed by atoms with Crippen molar-refractivity contribution in [3.8, 4) is 5.69 Å². The molecule has 0 N–H and O–H groups in total. The number of hydrogen-bond donors (Lipinski definition) is 0. The van der Waals surface area contributed by atoms with E-state index in [9.17, 15) is 4.79 Å². The van der Waals surface area contributed by atoms with E-state index in [2.05, 4.69) is 48.5 Å². The quantitative estimate of drug-likeness (QED) is 0.235. The Labute approximate surface area is 222 Å². The van der Waals surface area contributed by atoms with Crippen molar-refractivity contribution in [3.05, 3.63) is 149 Å². The minimum atomic E-state index is -0.322. The molecule has 0 aliphatic carbocycles. The van der Waals surface area contributed by atoms with Gasteiger partial charge in [0.25, 0.3) is 0 Å². The molecule has 6 rings (SSSR count). The van der Waals surface area contributed by atoms with Gasteiger partial charge in [0, 0.05) is 0 Å². The first-order valence-corrected chi connectivity index (χ1v) is 12.8. The number of anilines is 1. The Balaban J connectivity index is 1.63. The predicted molar refractivity (Wildman–Crippen MR) is 152 cm³/mol. The summed E-state index contributed by atoms with van der Waals surface area (Å²) in [5.41, 5.74) is 7.19. The van der Waals surface area contributed by atoms with Gasteiger partial charge < -0.3 is 0 Å². The number of aromatic nitrogens is 2. The third-order valence-electron chi connectivity index (χ3n) is 7.11. The van der Waals surface area contributed by atoms with E-state index in [1.807, 2.05) is 89.4 Å². The number of carbonyl (C=O) groups excluding carboxylic acids is 1. The van der Waals surface area contributed by atoms with E-state index in [1.54, 1.807) is 6.92 Å². The third-order valence-corrected chi connectivity index (χ3v) is 7.11. The molecule has 0 amide bonds. The topological polar surface area (TPSA) is 50.5 Å². The first-order chi connectivity index (χ1) is 18.6. The van der Waals surface area contributed by atoms with Gasteiger partial charge in [-0.05, 0) is 49.2 Å². The third kappa shape index (κ3) is 4.12. The van der Waals surface area contributed by atoms with Gasteiger partial charge in [0.15, 0.2) is 5.78 Å². The molecule has 0 saturated carbocycles. The van der Waals surface area contributed by atoms with Crippen molar-refractivity contribution in [2.45, 2.75) is 25.8 Å². The summed E-state index contributed by atoms with van der Waals surface area (Å²) in [6.07, 6.45) is 0. The van der Waals surface area contributed by atoms with Crippen LogP contribution >= 0.6 is 0 Å². The molecule has 4 aromatic carbocycles. The van der Waals surface area contributed by atoms with Gasteiger partial charge in [0.2, 0.25) is 0 Å². The molecule has 5 nitrogen and oxygen atoms in total. The highest BCUT2D eigenvalue weighted by molar-refractivity contribution is 6.08. The number of benzene rings is 4. The van der Waals surface area contributed by atoms with Crippen molar-refractivity contribution in [1.82, 2.24) is 9.78 Å². The largest absolute Gasteiger partial charge is 0.294 e. The van der Waals surface area contributed by atoms with Crippen LogP contribution in [0.3, 0.4) is 0 Å². The minimum absolute atomic E-state index is 0.00679. The maximum absolute atomic E-state index is 13.2. The second-order valence-corrected chi connectivity index (χ2v) is 9.51. The molecule has 0 fully saturated rings. The Kier molecular flexibility index (Phi) is 6.18. The molecule has 5 heteroatoms. The highest BCUT2D eigenvalue weighted by Crippen LogP contribution is 2.47. The summed E-state index contributed by atoms with van der Waals surface area (Å²) in [6, 6.07) is 40.5. The smallest absolute Gasteiger partial charge is 0.163 e. The molecule has 1 aliphatic heterocycles. The number of para-hydroxylation sites is 2. The number of nitrogens with zero attached hydrogens (tertiary/aromatic N) is 4. The monoisotopic (exact) mass is 496 g/mol. The first kappa shape index (κ1) is 23.6. The van der Waals surface area contributed by atoms with Gasteiger partial charge in [-0.15, -0.1) is 0 Å². The Morgan fingerprint density at radius 3 is 1.82 bits per heavy atom. The molecule has 0 saturated heterocycles. The summed E-state index contributed by atoms with van der Waals surface area (Å²) >= 11 is 0. The molecule has 38 heavy (non-hydrogen) atoms. The van der Waals surface area contributed by atoms with Gasteiger partial charge in [-0.1, -0.05) is 97.1 Å². The van der Waals surface area contributed by atoms with E-state index in [0.29, 0.717) is 5.56 Å². The Bertz CT molecular complexity index is 1590. The van der Waals surface area contributed by atoms with E-state index in [1.165, 1.54) is 0 Å². The van der Waals surface area contributed by atoms with E-state index < -0.39 is 0 Å². The van der Waals surface area contributed by atoms with Crippen LogP contribution in [-0.2, 0) is 0 Å². The number of rotatable bonds is 6. The molecule has 0 spiro atoms. The van der Waals surface area contributed by atoms with Gasteiger partial charge >= 0.3 is 0 Å². The minimum Gasteiger partial charge on any atom is -0.294 e. The fourth-order valence-electron chi connectivity index (χ4n) is 5.44. The molecule has 1 aliphatic rings. The Morgan fingerprint density at radius 1 is 0.711 bits per heavy atom. The van der Waals surface area contributed by atoms with Gasteiger partial charge in [0.1, 0.15) is 6.04 Å². The summed E-state index contributed by atoms with van der Waals surface area (Å²) in [6.45, 7) is 3.60. The van der Waals surface area contributed by atoms with Crippen molar-refractivity contribution < 1.29 is 4.79 Å². The van der Waals surface area contributed by atoms with Crippen LogP contribution < -0.4 is 5.01 Å². The molecule has 0 bridgehead atoms. The maximum Gasteiger partial charge on any atom is 0.163 e. The fourth-order valence-corrected chi connectivity index (χ4v) is 5.44. The zero-order valence-electron chi connectivity index (χ0n) is 21.4. The Morgan fingerprint density at radius 2 is 1.24 bits per heavy atom. The number of ketones is 1. The molecule has 1 aromatic heterocycles. The van der Waals surface area contributed by atoms with Crippen molar-refractivity contribution in [2.24, 2.45) is 5.10 Å². The number of Topliss-reactive ketones (excluding diaryl/α,β-unsaturated/α-hetero) is 1. The number of hydrogen-bond acceptors (Lipinski definition) is 4. The standard InChI is InChI=1S/C33H28N4O/c1-23-29(24(2)38)32(35-36(23)27-19-11-5-12-20-27)33-30(25-15-7-3-8-16-25)31(26-17-9-4-10-18-26)34-37(33)28-21-13-6-14-22-28/h3-22,30,33H,1-2H3/t30-,33+/m0/s1. The van der Waals surface area contributed by atoms with Crippen molar-refractivity contribution in [2.75, 3.05) is 5.01 Å². The van der Waals surface area contributed by atoms with Crippen LogP contribution in [0.1, 0.15) is 51.8 Å². The van der Waals surface area contributed by atoms with Gasteiger partial charge in [-0.25, -0.2) is 4.68 Å². The average Bonchev–Trinajstić information content (AvgIpc) is 3.53. The summed E-state index contributed by atoms with van der Waals surface area (Å²) in [4.78, 5) is 13.2. The van der Waals surface area contributed by atoms with E-state index >= 15 is 0 Å². The van der Waals surface area contributed by atoms with Crippen molar-refractivity contribution in [1.29, 1.82) is 0 Å². The van der Waals surface area contributed by atoms with E-state index in [-0.39, 0.29) is 17.7 Å². The van der Waals surface area contributed by atoms with Crippen LogP contribution in [0.25, 0.3) is 5.69 Å². The highest BCUT2D eigenvalue weighted by Gasteiger charge is 2.44. The van der Waals surface area contributed by atoms with Crippen molar-refractivity contribution >= 4 is 17.2 Å². The molecular formula is C33H28N4O. The SMILES string of the molecule is CC(=O)c1c([C@H]2[C@@H](c3ccccc3)C(c3ccccc3)=NN2c2ccccc2)nn(-c2ccccc2)c1C. The summed E-state index contributed by atoms with van der Waals surface area (Å²) < 4.78 is 1.89. The lowest BCUT2D eigenvalue weighted by Crippen LogP contribution is -2.26. The van der Waals surface area contributed by atoms with Crippen LogP contribution in [0, 0.1) is 6.92 Å². The molecule has 186 valence electrons. The molecule has 0 unspecified atom stereocenters. The predicted octanol–water partition coefficient (Wildman–Crippen LogP) is 7.13. The summed E-state index contributed by atoms with van der Waals surface area (Å²) in [5, 5.41) is 12.4. The van der Waals surface area contributed by atoms with Gasteiger partial charge in [-0.2, -0.15) is 10.2 Å². The van der Waals surface area contributed by atoms with Crippen molar-refractivity contribution in [3.63, 3.8) is 0 Å². The summed E-state index contributed by atoms with van der Waals surface area (Å²) in [7, 11) is 0. The molecule has 2 atom stereocenters. The lowest BCUT2D eigenvalue weighted by atomic mass is 9.82. The van der Waals surface area contributed by atoms with Crippen LogP contribution in [0.4, 0.5) is 5.69 Å². The maximum atomic E-state index is 13.2. The molecular weight excluding hydrogens is 468 g/mol. The highest BCUT2D eigenvalue weighted by atomic mass is 16.1. The summed E-state index contributed by atoms with van der Waals surface area (Å²) in [5.74, 6) is -0.150. The van der Waals surface area contributed by atoms with Crippen LogP contribution in [-0.4, -0.2) is 21.3 Å². The average molecular weight is 497 g/mol. The second-order valence-electron chi connectivity index (χ2n) is 9.51. The van der Waals surface area contributed by atoms with Gasteiger partial charge in [-0.3, -0.25) is 9.80 Å². The molecule has 5 aromatic rings. The first-order valence-electron chi connectivity index (χ1n) is 12.8. The van der Waals surface area contributed by atoms with Crippen LogP contribution in [0.15, 0.2) is 126 Å². The zero-order valence-corrected chi connectivity index (χ0v) is 21.4. The number of carbonyl (C=O) groups is 1. The molecule has 2 heterocycles. The van der Waals surface area contributed by atoms with E-state index in [0.717, 1.165) is 39.6 Å². The lowest BCUT2D eigenvalue weighted by molar-refractivity contribution is 0.101. The molecule has 0 radical (unpaired) electrons. The van der Waals surface area contributed by atoms with Crippen LogP contribution in [0.5, 0.6) is 0 Å². The second kappa shape index (κ2) is 9.94. The normalized spacial score (nSPS) is 16.9. The van der Waals surface area contributed by atoms with Gasteiger partial charge in [0.05, 0.1) is 40.0 Å². The lowest BCUT2D eigenvalue weighted by Gasteiger charge is -2.28. The number of hydrazone groups is 1. The van der Waals surface area contributed by atoms with E-state index in [4.69, 9.17) is 10.2 Å².